The summed E-state index contributed by atoms with van der Waals surface area (Å²) in [4.78, 5) is 10.9. The van der Waals surface area contributed by atoms with E-state index in [4.69, 9.17) is 21.4 Å². The topological polar surface area (TPSA) is 92.7 Å². The van der Waals surface area contributed by atoms with Gasteiger partial charge in [0.25, 0.3) is 0 Å². The van der Waals surface area contributed by atoms with Gasteiger partial charge in [-0.05, 0) is 26.0 Å². The summed E-state index contributed by atoms with van der Waals surface area (Å²) >= 11 is 5.76. The van der Waals surface area contributed by atoms with Crippen molar-refractivity contribution in [3.05, 3.63) is 23.2 Å². The van der Waals surface area contributed by atoms with Crippen LogP contribution in [0.1, 0.15) is 13.8 Å². The molecule has 0 aliphatic heterocycles. The Morgan fingerprint density at radius 2 is 2.05 bits per heavy atom. The van der Waals surface area contributed by atoms with Gasteiger partial charge >= 0.3 is 5.97 Å². The molecule has 0 saturated heterocycles. The number of hydrogen-bond acceptors (Lipinski definition) is 4. The van der Waals surface area contributed by atoms with Crippen LogP contribution in [-0.4, -0.2) is 33.1 Å². The molecule has 0 aliphatic rings. The molecule has 0 aliphatic carbocycles. The zero-order valence-corrected chi connectivity index (χ0v) is 12.9. The second kappa shape index (κ2) is 5.99. The number of methoxy groups -OCH3 is 1. The second-order valence-corrected chi connectivity index (χ2v) is 6.98. The highest BCUT2D eigenvalue weighted by Gasteiger charge is 2.30. The zero-order valence-electron chi connectivity index (χ0n) is 11.3. The molecule has 20 heavy (non-hydrogen) atoms. The van der Waals surface area contributed by atoms with Gasteiger partial charge in [-0.15, -0.1) is 0 Å². The predicted octanol–water partition coefficient (Wildman–Crippen LogP) is 1.74. The molecule has 8 heteroatoms. The molecule has 0 spiro atoms. The van der Waals surface area contributed by atoms with Crippen LogP contribution in [0.5, 0.6) is 5.75 Å². The number of nitrogens with one attached hydrogen (secondary N) is 1. The summed E-state index contributed by atoms with van der Waals surface area (Å²) in [7, 11) is -2.56. The van der Waals surface area contributed by atoms with Crippen LogP contribution in [0, 0.1) is 5.41 Å². The number of rotatable bonds is 6. The van der Waals surface area contributed by atoms with Gasteiger partial charge in [0.2, 0.25) is 10.0 Å². The Kier molecular flexibility index (Phi) is 5.01. The van der Waals surface area contributed by atoms with E-state index in [1.54, 1.807) is 0 Å². The Morgan fingerprint density at radius 3 is 2.55 bits per heavy atom. The quantitative estimate of drug-likeness (QED) is 0.832. The van der Waals surface area contributed by atoms with Crippen LogP contribution in [-0.2, 0) is 14.8 Å². The van der Waals surface area contributed by atoms with E-state index in [1.807, 2.05) is 0 Å². The first-order valence-electron chi connectivity index (χ1n) is 5.67. The van der Waals surface area contributed by atoms with Crippen LogP contribution in [0.15, 0.2) is 23.1 Å². The summed E-state index contributed by atoms with van der Waals surface area (Å²) in [6.07, 6.45) is 0. The standard InChI is InChI=1S/C12H16ClNO5S/c1-12(2,11(15)16)7-14-20(17,18)10-5-4-8(13)6-9(10)19-3/h4-6,14H,7H2,1-3H3,(H,15,16). The molecule has 0 fully saturated rings. The van der Waals surface area contributed by atoms with Crippen LogP contribution in [0.4, 0.5) is 0 Å². The lowest BCUT2D eigenvalue weighted by Gasteiger charge is -2.20. The highest BCUT2D eigenvalue weighted by Crippen LogP contribution is 2.27. The third-order valence-electron chi connectivity index (χ3n) is 2.70. The molecule has 1 aromatic rings. The number of carboxylic acid groups (broad SMARTS) is 1. The summed E-state index contributed by atoms with van der Waals surface area (Å²) in [5.41, 5.74) is -1.22. The van der Waals surface area contributed by atoms with Crippen LogP contribution in [0.2, 0.25) is 5.02 Å². The van der Waals surface area contributed by atoms with E-state index in [9.17, 15) is 13.2 Å². The number of carbonyl (C=O) groups is 1. The average molecular weight is 322 g/mol. The number of benzene rings is 1. The molecule has 0 unspecified atom stereocenters. The van der Waals surface area contributed by atoms with Gasteiger partial charge in [0.1, 0.15) is 10.6 Å². The van der Waals surface area contributed by atoms with Crippen molar-refractivity contribution >= 4 is 27.6 Å². The lowest BCUT2D eigenvalue weighted by molar-refractivity contribution is -0.146. The third kappa shape index (κ3) is 3.84. The molecule has 0 aromatic heterocycles. The lowest BCUT2D eigenvalue weighted by Crippen LogP contribution is -2.38. The number of halogens is 1. The van der Waals surface area contributed by atoms with E-state index >= 15 is 0 Å². The SMILES string of the molecule is COc1cc(Cl)ccc1S(=O)(=O)NCC(C)(C)C(=O)O. The first-order valence-corrected chi connectivity index (χ1v) is 7.53. The lowest BCUT2D eigenvalue weighted by atomic mass is 9.95. The van der Waals surface area contributed by atoms with Gasteiger partial charge in [0.05, 0.1) is 12.5 Å². The van der Waals surface area contributed by atoms with Gasteiger partial charge in [-0.2, -0.15) is 0 Å². The van der Waals surface area contributed by atoms with E-state index in [0.29, 0.717) is 5.02 Å². The minimum absolute atomic E-state index is 0.0920. The van der Waals surface area contributed by atoms with Gasteiger partial charge in [0.15, 0.2) is 0 Å². The third-order valence-corrected chi connectivity index (χ3v) is 4.37. The minimum Gasteiger partial charge on any atom is -0.495 e. The fourth-order valence-corrected chi connectivity index (χ4v) is 2.81. The highest BCUT2D eigenvalue weighted by molar-refractivity contribution is 7.89. The highest BCUT2D eigenvalue weighted by atomic mass is 35.5. The Balaban J connectivity index is 3.04. The van der Waals surface area contributed by atoms with Crippen molar-refractivity contribution in [2.24, 2.45) is 5.41 Å². The van der Waals surface area contributed by atoms with E-state index < -0.39 is 21.4 Å². The molecule has 0 saturated carbocycles. The predicted molar refractivity (Wildman–Crippen MR) is 74.6 cm³/mol. The Hall–Kier alpha value is -1.31. The largest absolute Gasteiger partial charge is 0.495 e. The maximum absolute atomic E-state index is 12.2. The monoisotopic (exact) mass is 321 g/mol. The van der Waals surface area contributed by atoms with E-state index in [0.717, 1.165) is 0 Å². The molecule has 0 atom stereocenters. The molecular weight excluding hydrogens is 306 g/mol. The molecule has 0 heterocycles. The zero-order chi connectivity index (χ0) is 15.6. The van der Waals surface area contributed by atoms with Gasteiger partial charge in [0, 0.05) is 17.6 Å². The van der Waals surface area contributed by atoms with E-state index in [2.05, 4.69) is 4.72 Å². The van der Waals surface area contributed by atoms with E-state index in [1.165, 1.54) is 39.2 Å². The molecule has 1 rings (SSSR count). The first kappa shape index (κ1) is 16.7. The van der Waals surface area contributed by atoms with Crippen molar-refractivity contribution in [3.63, 3.8) is 0 Å². The van der Waals surface area contributed by atoms with Crippen molar-refractivity contribution in [2.45, 2.75) is 18.7 Å². The fraction of sp³-hybridized carbons (Fsp3) is 0.417. The normalized spacial score (nSPS) is 12.2. The summed E-state index contributed by atoms with van der Waals surface area (Å²) in [6, 6.07) is 4.09. The molecule has 1 aromatic carbocycles. The van der Waals surface area contributed by atoms with Crippen LogP contribution in [0.3, 0.4) is 0 Å². The smallest absolute Gasteiger partial charge is 0.310 e. The van der Waals surface area contributed by atoms with Gasteiger partial charge < -0.3 is 9.84 Å². The number of carboxylic acids is 1. The molecular formula is C12H16ClNO5S. The number of ether oxygens (including phenoxy) is 1. The summed E-state index contributed by atoms with van der Waals surface area (Å²) in [6.45, 7) is 2.62. The molecule has 2 N–H and O–H groups in total. The second-order valence-electron chi connectivity index (χ2n) is 4.81. The first-order chi connectivity index (χ1) is 9.10. The molecule has 6 nitrogen and oxygen atoms in total. The fourth-order valence-electron chi connectivity index (χ4n) is 1.29. The minimum atomic E-state index is -3.88. The number of sulfonamides is 1. The summed E-state index contributed by atoms with van der Waals surface area (Å²) in [5, 5.41) is 9.31. The number of aliphatic carboxylic acids is 1. The maximum atomic E-state index is 12.2. The van der Waals surface area contributed by atoms with Crippen molar-refractivity contribution < 1.29 is 23.1 Å². The Morgan fingerprint density at radius 1 is 1.45 bits per heavy atom. The Labute approximate surface area is 122 Å². The van der Waals surface area contributed by atoms with Crippen molar-refractivity contribution in [1.82, 2.24) is 4.72 Å². The van der Waals surface area contributed by atoms with Gasteiger partial charge in [-0.25, -0.2) is 13.1 Å². The van der Waals surface area contributed by atoms with E-state index in [-0.39, 0.29) is 17.2 Å². The van der Waals surface area contributed by atoms with Crippen molar-refractivity contribution in [3.8, 4) is 5.75 Å². The van der Waals surface area contributed by atoms with Crippen molar-refractivity contribution in [2.75, 3.05) is 13.7 Å². The summed E-state index contributed by atoms with van der Waals surface area (Å²) < 4.78 is 31.6. The van der Waals surface area contributed by atoms with Gasteiger partial charge in [-0.3, -0.25) is 4.79 Å². The summed E-state index contributed by atoms with van der Waals surface area (Å²) in [5.74, 6) is -0.999. The number of hydrogen-bond donors (Lipinski definition) is 2. The average Bonchev–Trinajstić information content (AvgIpc) is 2.36. The molecule has 0 bridgehead atoms. The van der Waals surface area contributed by atoms with Crippen molar-refractivity contribution in [1.29, 1.82) is 0 Å². The van der Waals surface area contributed by atoms with Crippen LogP contribution < -0.4 is 9.46 Å². The molecule has 112 valence electrons. The van der Waals surface area contributed by atoms with Crippen LogP contribution >= 0.6 is 11.6 Å². The maximum Gasteiger partial charge on any atom is 0.310 e. The van der Waals surface area contributed by atoms with Gasteiger partial charge in [-0.1, -0.05) is 11.6 Å². The Bertz CT molecular complexity index is 612. The molecule has 0 amide bonds. The molecule has 0 radical (unpaired) electrons. The van der Waals surface area contributed by atoms with Crippen LogP contribution in [0.25, 0.3) is 0 Å².